The van der Waals surface area contributed by atoms with Gasteiger partial charge in [0.2, 0.25) is 0 Å². The van der Waals surface area contributed by atoms with Gasteiger partial charge >= 0.3 is 0 Å². The van der Waals surface area contributed by atoms with Gasteiger partial charge in [-0.15, -0.1) is 0 Å². The van der Waals surface area contributed by atoms with Crippen LogP contribution in [0.5, 0.6) is 5.75 Å². The molecule has 2 aromatic carbocycles. The Hall–Kier alpha value is -1.80. The molecule has 0 aromatic heterocycles. The number of aryl methyl sites for hydroxylation is 2. The lowest BCUT2D eigenvalue weighted by atomic mass is 9.98. The topological polar surface area (TPSA) is 29.5 Å². The van der Waals surface area contributed by atoms with Crippen molar-refractivity contribution in [2.45, 2.75) is 38.2 Å². The first-order valence-corrected chi connectivity index (χ1v) is 7.66. The molecule has 0 aliphatic heterocycles. The Balaban J connectivity index is 1.61. The largest absolute Gasteiger partial charge is 0.497 e. The zero-order valence-electron chi connectivity index (χ0n) is 12.5. The number of rotatable bonds is 5. The van der Waals surface area contributed by atoms with Gasteiger partial charge < -0.3 is 9.84 Å². The van der Waals surface area contributed by atoms with Crippen LogP contribution in [-0.2, 0) is 25.7 Å². The summed E-state index contributed by atoms with van der Waals surface area (Å²) < 4.78 is 5.15. The van der Waals surface area contributed by atoms with E-state index in [1.165, 1.54) is 36.0 Å². The lowest BCUT2D eigenvalue weighted by Gasteiger charge is -2.12. The molecule has 0 saturated carbocycles. The molecule has 1 N–H and O–H groups in total. The van der Waals surface area contributed by atoms with E-state index in [-0.39, 0.29) is 6.10 Å². The summed E-state index contributed by atoms with van der Waals surface area (Å²) in [5, 5.41) is 10.3. The van der Waals surface area contributed by atoms with Gasteiger partial charge in [0, 0.05) is 0 Å². The summed E-state index contributed by atoms with van der Waals surface area (Å²) >= 11 is 0. The fraction of sp³-hybridized carbons (Fsp3) is 0.368. The van der Waals surface area contributed by atoms with Gasteiger partial charge in [-0.05, 0) is 66.5 Å². The molecular formula is C19H22O2. The second-order valence-corrected chi connectivity index (χ2v) is 5.87. The van der Waals surface area contributed by atoms with Crippen molar-refractivity contribution in [3.05, 3.63) is 64.7 Å². The Morgan fingerprint density at radius 1 is 0.952 bits per heavy atom. The third kappa shape index (κ3) is 3.45. The number of methoxy groups -OCH3 is 1. The van der Waals surface area contributed by atoms with Gasteiger partial charge in [0.1, 0.15) is 5.75 Å². The maximum absolute atomic E-state index is 10.3. The lowest BCUT2D eigenvalue weighted by molar-refractivity contribution is 0.175. The Morgan fingerprint density at radius 2 is 1.62 bits per heavy atom. The second kappa shape index (κ2) is 6.31. The minimum Gasteiger partial charge on any atom is -0.497 e. The number of fused-ring (bicyclic) bond motifs is 1. The van der Waals surface area contributed by atoms with E-state index in [1.54, 1.807) is 7.11 Å². The fourth-order valence-electron chi connectivity index (χ4n) is 3.13. The molecule has 3 rings (SSSR count). The van der Waals surface area contributed by atoms with E-state index in [0.717, 1.165) is 17.7 Å². The molecule has 0 fully saturated rings. The van der Waals surface area contributed by atoms with Crippen LogP contribution in [0.2, 0.25) is 0 Å². The molecule has 1 aliphatic carbocycles. The van der Waals surface area contributed by atoms with Crippen LogP contribution in [0.1, 0.15) is 28.7 Å². The summed E-state index contributed by atoms with van der Waals surface area (Å²) in [6.45, 7) is 0. The first kappa shape index (κ1) is 14.2. The van der Waals surface area contributed by atoms with Crippen molar-refractivity contribution in [2.75, 3.05) is 7.11 Å². The predicted octanol–water partition coefficient (Wildman–Crippen LogP) is 3.33. The number of aliphatic hydroxyl groups is 1. The van der Waals surface area contributed by atoms with Gasteiger partial charge in [-0.3, -0.25) is 0 Å². The van der Waals surface area contributed by atoms with Crippen molar-refractivity contribution >= 4 is 0 Å². The van der Waals surface area contributed by atoms with Gasteiger partial charge in [0.05, 0.1) is 13.2 Å². The Kier molecular flexibility index (Phi) is 4.26. The van der Waals surface area contributed by atoms with E-state index in [1.807, 2.05) is 24.3 Å². The smallest absolute Gasteiger partial charge is 0.118 e. The highest BCUT2D eigenvalue weighted by Crippen LogP contribution is 2.23. The third-order valence-electron chi connectivity index (χ3n) is 4.26. The Labute approximate surface area is 126 Å². The molecule has 1 atom stereocenters. The van der Waals surface area contributed by atoms with Crippen LogP contribution >= 0.6 is 0 Å². The van der Waals surface area contributed by atoms with Crippen molar-refractivity contribution in [3.8, 4) is 5.75 Å². The first-order chi connectivity index (χ1) is 10.2. The molecule has 0 radical (unpaired) electrons. The lowest BCUT2D eigenvalue weighted by Crippen LogP contribution is -2.14. The normalized spacial score (nSPS) is 14.8. The van der Waals surface area contributed by atoms with E-state index in [9.17, 15) is 5.11 Å². The number of aliphatic hydroxyl groups excluding tert-OH is 1. The Morgan fingerprint density at radius 3 is 2.38 bits per heavy atom. The molecular weight excluding hydrogens is 260 g/mol. The van der Waals surface area contributed by atoms with Crippen molar-refractivity contribution in [1.29, 1.82) is 0 Å². The zero-order valence-corrected chi connectivity index (χ0v) is 12.5. The van der Waals surface area contributed by atoms with Crippen molar-refractivity contribution in [2.24, 2.45) is 0 Å². The highest BCUT2D eigenvalue weighted by atomic mass is 16.5. The van der Waals surface area contributed by atoms with Crippen LogP contribution in [0, 0.1) is 0 Å². The molecule has 110 valence electrons. The molecule has 1 aliphatic rings. The van der Waals surface area contributed by atoms with Gasteiger partial charge in [-0.1, -0.05) is 30.3 Å². The minimum absolute atomic E-state index is 0.335. The maximum atomic E-state index is 10.3. The van der Waals surface area contributed by atoms with Crippen molar-refractivity contribution in [3.63, 3.8) is 0 Å². The monoisotopic (exact) mass is 282 g/mol. The average Bonchev–Trinajstić information content (AvgIpc) is 2.95. The summed E-state index contributed by atoms with van der Waals surface area (Å²) in [6, 6.07) is 14.6. The van der Waals surface area contributed by atoms with E-state index in [0.29, 0.717) is 6.42 Å². The number of hydrogen-bond acceptors (Lipinski definition) is 2. The van der Waals surface area contributed by atoms with Gasteiger partial charge in [-0.25, -0.2) is 0 Å². The highest BCUT2D eigenvalue weighted by molar-refractivity contribution is 5.35. The number of benzene rings is 2. The summed E-state index contributed by atoms with van der Waals surface area (Å²) in [7, 11) is 1.66. The van der Waals surface area contributed by atoms with Crippen LogP contribution in [0.4, 0.5) is 0 Å². The first-order valence-electron chi connectivity index (χ1n) is 7.66. The van der Waals surface area contributed by atoms with Gasteiger partial charge in [0.25, 0.3) is 0 Å². The number of hydrogen-bond donors (Lipinski definition) is 1. The molecule has 2 aromatic rings. The van der Waals surface area contributed by atoms with Crippen LogP contribution in [0.15, 0.2) is 42.5 Å². The quantitative estimate of drug-likeness (QED) is 0.911. The van der Waals surface area contributed by atoms with E-state index >= 15 is 0 Å². The Bertz CT molecular complexity index is 601. The van der Waals surface area contributed by atoms with E-state index in [4.69, 9.17) is 4.74 Å². The second-order valence-electron chi connectivity index (χ2n) is 5.87. The van der Waals surface area contributed by atoms with Crippen molar-refractivity contribution < 1.29 is 9.84 Å². The summed E-state index contributed by atoms with van der Waals surface area (Å²) in [5.74, 6) is 0.854. The molecule has 0 amide bonds. The van der Waals surface area contributed by atoms with Gasteiger partial charge in [0.15, 0.2) is 0 Å². The molecule has 1 unspecified atom stereocenters. The molecule has 0 spiro atoms. The fourth-order valence-corrected chi connectivity index (χ4v) is 3.13. The van der Waals surface area contributed by atoms with Gasteiger partial charge in [-0.2, -0.15) is 0 Å². The number of ether oxygens (including phenoxy) is 1. The highest BCUT2D eigenvalue weighted by Gasteiger charge is 2.13. The summed E-state index contributed by atoms with van der Waals surface area (Å²) in [5.41, 5.74) is 5.36. The van der Waals surface area contributed by atoms with Crippen LogP contribution in [-0.4, -0.2) is 18.3 Å². The van der Waals surface area contributed by atoms with Crippen LogP contribution in [0.3, 0.4) is 0 Å². The van der Waals surface area contributed by atoms with E-state index < -0.39 is 0 Å². The summed E-state index contributed by atoms with van der Waals surface area (Å²) in [6.07, 6.45) is 4.74. The van der Waals surface area contributed by atoms with Crippen LogP contribution < -0.4 is 4.74 Å². The molecule has 21 heavy (non-hydrogen) atoms. The van der Waals surface area contributed by atoms with Crippen LogP contribution in [0.25, 0.3) is 0 Å². The van der Waals surface area contributed by atoms with E-state index in [2.05, 4.69) is 18.2 Å². The third-order valence-corrected chi connectivity index (χ3v) is 4.26. The molecule has 0 heterocycles. The molecule has 0 saturated heterocycles. The van der Waals surface area contributed by atoms with Crippen molar-refractivity contribution in [1.82, 2.24) is 0 Å². The maximum Gasteiger partial charge on any atom is 0.118 e. The molecule has 2 heteroatoms. The predicted molar refractivity (Wildman–Crippen MR) is 84.9 cm³/mol. The zero-order chi connectivity index (χ0) is 14.7. The SMILES string of the molecule is COc1ccc(CC(O)Cc2ccc3c(c2)CCC3)cc1. The average molecular weight is 282 g/mol. The minimum atomic E-state index is -0.335. The summed E-state index contributed by atoms with van der Waals surface area (Å²) in [4.78, 5) is 0. The molecule has 0 bridgehead atoms. The standard InChI is InChI=1S/C19H22O2/c1-21-19-9-6-14(7-10-19)12-18(20)13-15-5-8-16-3-2-4-17(16)11-15/h5-11,18,20H,2-4,12-13H2,1H3. The molecule has 2 nitrogen and oxygen atoms in total.